The van der Waals surface area contributed by atoms with Gasteiger partial charge in [0.25, 0.3) is 0 Å². The highest BCUT2D eigenvalue weighted by Crippen LogP contribution is 2.52. The number of ketones is 4. The Balaban J connectivity index is 1.65. The van der Waals surface area contributed by atoms with Crippen LogP contribution in [0.15, 0.2) is 30.3 Å². The molecule has 2 aromatic carbocycles. The van der Waals surface area contributed by atoms with E-state index >= 15 is 0 Å². The van der Waals surface area contributed by atoms with Crippen molar-refractivity contribution in [2.75, 3.05) is 28.3 Å². The molecule has 0 aromatic heterocycles. The first kappa shape index (κ1) is 29.5. The molecule has 2 fully saturated rings. The maximum atomic E-state index is 14.0. The van der Waals surface area contributed by atoms with E-state index in [0.717, 1.165) is 5.56 Å². The number of ether oxygens (including phenoxy) is 1. The van der Waals surface area contributed by atoms with E-state index in [2.05, 4.69) is 5.48 Å². The third kappa shape index (κ3) is 4.25. The summed E-state index contributed by atoms with van der Waals surface area (Å²) in [6, 6.07) is 7.34. The number of nitrogens with one attached hydrogen (secondary N) is 1. The molecule has 222 valence electrons. The van der Waals surface area contributed by atoms with Crippen LogP contribution in [0.3, 0.4) is 0 Å². The Hall–Kier alpha value is -3.97. The topological polar surface area (TPSA) is 186 Å². The number of hydroxylamine groups is 1. The van der Waals surface area contributed by atoms with Crippen molar-refractivity contribution in [2.45, 2.75) is 31.0 Å². The first-order chi connectivity index (χ1) is 19.9. The Morgan fingerprint density at radius 3 is 2.43 bits per heavy atom. The molecular formula is C30H33N3O9. The summed E-state index contributed by atoms with van der Waals surface area (Å²) in [5, 5.41) is 22.6. The van der Waals surface area contributed by atoms with E-state index in [0.29, 0.717) is 29.0 Å². The summed E-state index contributed by atoms with van der Waals surface area (Å²) >= 11 is 0. The van der Waals surface area contributed by atoms with Crippen molar-refractivity contribution in [2.24, 2.45) is 29.4 Å². The van der Waals surface area contributed by atoms with Gasteiger partial charge in [0.15, 0.2) is 34.7 Å². The van der Waals surface area contributed by atoms with Crippen molar-refractivity contribution in [3.63, 3.8) is 0 Å². The van der Waals surface area contributed by atoms with Crippen LogP contribution in [-0.2, 0) is 37.0 Å². The van der Waals surface area contributed by atoms with Crippen molar-refractivity contribution in [1.29, 1.82) is 0 Å². The summed E-state index contributed by atoms with van der Waals surface area (Å²) in [6.07, 6.45) is 0.104. The van der Waals surface area contributed by atoms with Crippen molar-refractivity contribution in [3.05, 3.63) is 47.0 Å². The molecule has 0 aliphatic heterocycles. The third-order valence-electron chi connectivity index (χ3n) is 8.92. The number of primary amides is 1. The molecule has 3 aliphatic carbocycles. The number of nitrogens with zero attached hydrogens (tertiary/aromatic N) is 1. The van der Waals surface area contributed by atoms with Crippen LogP contribution in [0.1, 0.15) is 27.9 Å². The number of nitrogens with two attached hydrogens (primary N) is 1. The summed E-state index contributed by atoms with van der Waals surface area (Å²) < 4.78 is 5.60. The Morgan fingerprint density at radius 1 is 1.10 bits per heavy atom. The molecule has 2 unspecified atom stereocenters. The number of Topliss-reactive ketones (excluding diaryl/α,β-unsaturated/α-hetero) is 4. The van der Waals surface area contributed by atoms with Gasteiger partial charge >= 0.3 is 0 Å². The number of aliphatic hydroxyl groups is 1. The molecule has 12 nitrogen and oxygen atoms in total. The van der Waals surface area contributed by atoms with Crippen LogP contribution in [0.25, 0.3) is 11.1 Å². The maximum absolute atomic E-state index is 14.0. The van der Waals surface area contributed by atoms with Gasteiger partial charge in [0.1, 0.15) is 11.5 Å². The molecule has 0 saturated heterocycles. The summed E-state index contributed by atoms with van der Waals surface area (Å²) in [5.74, 6) is -10.4. The number of amides is 1. The van der Waals surface area contributed by atoms with Gasteiger partial charge in [0.2, 0.25) is 5.91 Å². The first-order valence-corrected chi connectivity index (χ1v) is 13.5. The number of carbonyl (C=O) groups excluding carboxylic acids is 5. The largest absolute Gasteiger partial charge is 0.507 e. The Labute approximate surface area is 241 Å². The average Bonchev–Trinajstić information content (AvgIpc) is 2.93. The number of fused-ring (bicyclic) bond motifs is 3. The standard InChI is InChI=1S/C30H33N3O9/c1-33(2)24-18-11-14-10-17-15(16-9-13(12-32-42-4)5-8-20(16)41-3)6-7-19(34)22(17)25(35)21(14)27(37)30(18,40)28(38)23(26(24)36)29(31)39/h5-9,14,18,21,23-24,32,34,40H,10-12H2,1-4H3,(H2,31,39)/t14-,18-,21?,23?,24-,30-/m0/s1. The van der Waals surface area contributed by atoms with E-state index in [1.54, 1.807) is 26.2 Å². The maximum Gasteiger partial charge on any atom is 0.235 e. The fourth-order valence-corrected chi connectivity index (χ4v) is 7.09. The zero-order valence-corrected chi connectivity index (χ0v) is 23.7. The number of benzene rings is 2. The van der Waals surface area contributed by atoms with Gasteiger partial charge in [-0.15, -0.1) is 0 Å². The van der Waals surface area contributed by atoms with Crippen LogP contribution < -0.4 is 16.0 Å². The Bertz CT molecular complexity index is 1520. The van der Waals surface area contributed by atoms with Crippen LogP contribution in [-0.4, -0.2) is 84.1 Å². The second-order valence-electron chi connectivity index (χ2n) is 11.3. The fraction of sp³-hybridized carbons (Fsp3) is 0.433. The predicted molar refractivity (Wildman–Crippen MR) is 147 cm³/mol. The number of rotatable bonds is 7. The van der Waals surface area contributed by atoms with Crippen molar-refractivity contribution in [3.8, 4) is 22.6 Å². The van der Waals surface area contributed by atoms with E-state index < -0.39 is 64.4 Å². The molecule has 5 rings (SSSR count). The smallest absolute Gasteiger partial charge is 0.235 e. The van der Waals surface area contributed by atoms with Crippen LogP contribution in [0, 0.1) is 23.7 Å². The van der Waals surface area contributed by atoms with Gasteiger partial charge in [-0.2, -0.15) is 5.48 Å². The Kier molecular flexibility index (Phi) is 7.52. The summed E-state index contributed by atoms with van der Waals surface area (Å²) in [6.45, 7) is 0.381. The number of likely N-dealkylation sites (N-methyl/N-ethyl adjacent to an activating group) is 1. The molecule has 12 heteroatoms. The lowest BCUT2D eigenvalue weighted by atomic mass is 9.52. The second kappa shape index (κ2) is 10.7. The highest BCUT2D eigenvalue weighted by atomic mass is 16.6. The van der Waals surface area contributed by atoms with Gasteiger partial charge in [-0.25, -0.2) is 0 Å². The number of aromatic hydroxyl groups is 1. The highest BCUT2D eigenvalue weighted by Gasteiger charge is 2.69. The number of carbonyl (C=O) groups is 5. The summed E-state index contributed by atoms with van der Waals surface area (Å²) in [7, 11) is 6.10. The molecule has 5 N–H and O–H groups in total. The number of hydrogen-bond acceptors (Lipinski definition) is 11. The van der Waals surface area contributed by atoms with Crippen LogP contribution >= 0.6 is 0 Å². The molecule has 6 atom stereocenters. The van der Waals surface area contributed by atoms with Crippen LogP contribution in [0.5, 0.6) is 11.5 Å². The normalized spacial score (nSPS) is 28.8. The summed E-state index contributed by atoms with van der Waals surface area (Å²) in [5.41, 5.74) is 7.88. The molecule has 2 saturated carbocycles. The van der Waals surface area contributed by atoms with Gasteiger partial charge in [-0.1, -0.05) is 12.1 Å². The lowest BCUT2D eigenvalue weighted by molar-refractivity contribution is -0.181. The van der Waals surface area contributed by atoms with E-state index in [-0.39, 0.29) is 24.2 Å². The SMILES string of the molecule is CONCc1ccc(OC)c(-c2ccc(O)c3c2C[C@H]2C[C@H]4[C@H](N(C)C)C(=O)C(C(N)=O)C(=O)[C@@]4(O)C(=O)C2C3=O)c1. The van der Waals surface area contributed by atoms with Gasteiger partial charge in [-0.05, 0) is 67.7 Å². The molecular weight excluding hydrogens is 546 g/mol. The summed E-state index contributed by atoms with van der Waals surface area (Å²) in [4.78, 5) is 73.3. The monoisotopic (exact) mass is 579 g/mol. The molecule has 3 aliphatic rings. The Morgan fingerprint density at radius 2 is 1.81 bits per heavy atom. The van der Waals surface area contributed by atoms with Gasteiger partial charge in [0, 0.05) is 18.0 Å². The van der Waals surface area contributed by atoms with Crippen molar-refractivity contribution < 1.29 is 43.8 Å². The molecule has 42 heavy (non-hydrogen) atoms. The van der Waals surface area contributed by atoms with Gasteiger partial charge in [0.05, 0.1) is 31.7 Å². The predicted octanol–water partition coefficient (Wildman–Crippen LogP) is 0.194. The first-order valence-electron chi connectivity index (χ1n) is 13.5. The zero-order valence-electron chi connectivity index (χ0n) is 23.7. The minimum absolute atomic E-state index is 0.0338. The molecule has 0 bridgehead atoms. The van der Waals surface area contributed by atoms with Gasteiger partial charge in [-0.3, -0.25) is 28.9 Å². The van der Waals surface area contributed by atoms with Crippen LogP contribution in [0.4, 0.5) is 0 Å². The van der Waals surface area contributed by atoms with Gasteiger partial charge < -0.3 is 25.5 Å². The van der Waals surface area contributed by atoms with E-state index in [9.17, 15) is 34.2 Å². The second-order valence-corrected chi connectivity index (χ2v) is 11.3. The minimum Gasteiger partial charge on any atom is -0.507 e. The van der Waals surface area contributed by atoms with Crippen molar-refractivity contribution in [1.82, 2.24) is 10.4 Å². The molecule has 1 amide bonds. The molecule has 0 heterocycles. The van der Waals surface area contributed by atoms with E-state index in [1.165, 1.54) is 25.2 Å². The average molecular weight is 580 g/mol. The fourth-order valence-electron chi connectivity index (χ4n) is 7.09. The lowest BCUT2D eigenvalue weighted by Crippen LogP contribution is -2.74. The minimum atomic E-state index is -2.77. The van der Waals surface area contributed by atoms with E-state index in [4.69, 9.17) is 15.3 Å². The third-order valence-corrected chi connectivity index (χ3v) is 8.92. The number of methoxy groups -OCH3 is 1. The number of hydrogen-bond donors (Lipinski definition) is 4. The number of phenolic OH excluding ortho intramolecular Hbond substituents is 1. The molecule has 0 radical (unpaired) electrons. The molecule has 0 spiro atoms. The van der Waals surface area contributed by atoms with Crippen LogP contribution in [0.2, 0.25) is 0 Å². The van der Waals surface area contributed by atoms with E-state index in [1.807, 2.05) is 12.1 Å². The quantitative estimate of drug-likeness (QED) is 0.259. The lowest BCUT2D eigenvalue weighted by Gasteiger charge is -2.52. The number of phenols is 1. The van der Waals surface area contributed by atoms with Crippen molar-refractivity contribution >= 4 is 29.0 Å². The molecule has 2 aromatic rings. The zero-order chi connectivity index (χ0) is 30.7. The highest BCUT2D eigenvalue weighted by molar-refractivity contribution is 6.32.